The summed E-state index contributed by atoms with van der Waals surface area (Å²) in [6.45, 7) is 0.516. The largest absolute Gasteiger partial charge is 0.326 e. The fourth-order valence-electron chi connectivity index (χ4n) is 1.12. The van der Waals surface area contributed by atoms with Crippen molar-refractivity contribution in [3.8, 4) is 0 Å². The number of hydrogen-bond donors (Lipinski definition) is 2. The molecule has 0 spiro atoms. The van der Waals surface area contributed by atoms with Gasteiger partial charge in [0.15, 0.2) is 0 Å². The van der Waals surface area contributed by atoms with Gasteiger partial charge >= 0.3 is 4.87 Å². The lowest BCUT2D eigenvalue weighted by atomic mass is 10.2. The number of fused-ring (bicyclic) bond motifs is 1. The van der Waals surface area contributed by atoms with Crippen LogP contribution < -0.4 is 10.6 Å². The first kappa shape index (κ1) is 7.52. The van der Waals surface area contributed by atoms with Crippen LogP contribution in [0.3, 0.4) is 0 Å². The van der Waals surface area contributed by atoms with Gasteiger partial charge in [0.2, 0.25) is 0 Å². The van der Waals surface area contributed by atoms with Gasteiger partial charge in [-0.25, -0.2) is 0 Å². The quantitative estimate of drug-likeness (QED) is 0.689. The van der Waals surface area contributed by atoms with Gasteiger partial charge < -0.3 is 10.7 Å². The zero-order valence-electron chi connectivity index (χ0n) is 6.33. The molecule has 3 N–H and O–H groups in total. The van der Waals surface area contributed by atoms with E-state index in [0.717, 1.165) is 15.8 Å². The number of nitrogens with one attached hydrogen (secondary N) is 1. The van der Waals surface area contributed by atoms with Crippen LogP contribution in [0.5, 0.6) is 0 Å². The van der Waals surface area contributed by atoms with Crippen LogP contribution in [-0.4, -0.2) is 4.98 Å². The Bertz CT molecular complexity index is 457. The van der Waals surface area contributed by atoms with Crippen molar-refractivity contribution in [3.63, 3.8) is 0 Å². The second-order valence-electron chi connectivity index (χ2n) is 2.55. The molecule has 0 saturated carbocycles. The van der Waals surface area contributed by atoms with Gasteiger partial charge in [0.25, 0.3) is 0 Å². The molecule has 4 heteroatoms. The monoisotopic (exact) mass is 180 g/mol. The SMILES string of the molecule is NCc1ccc2[nH]c(=O)sc2c1. The smallest absolute Gasteiger partial charge is 0.305 e. The van der Waals surface area contributed by atoms with Gasteiger partial charge in [-0.3, -0.25) is 4.79 Å². The van der Waals surface area contributed by atoms with E-state index in [1.807, 2.05) is 18.2 Å². The first-order chi connectivity index (χ1) is 5.79. The highest BCUT2D eigenvalue weighted by Gasteiger charge is 1.98. The third kappa shape index (κ3) is 1.15. The Labute approximate surface area is 72.8 Å². The summed E-state index contributed by atoms with van der Waals surface area (Å²) < 4.78 is 0.975. The lowest BCUT2D eigenvalue weighted by molar-refractivity contribution is 1.08. The predicted octanol–water partition coefficient (Wildman–Crippen LogP) is 1.05. The maximum Gasteiger partial charge on any atom is 0.305 e. The average molecular weight is 180 g/mol. The first-order valence-corrected chi connectivity index (χ1v) is 4.43. The van der Waals surface area contributed by atoms with E-state index < -0.39 is 0 Å². The van der Waals surface area contributed by atoms with Crippen molar-refractivity contribution in [2.24, 2.45) is 5.73 Å². The highest BCUT2D eigenvalue weighted by Crippen LogP contribution is 2.15. The Morgan fingerprint density at radius 3 is 3.08 bits per heavy atom. The van der Waals surface area contributed by atoms with Crippen LogP contribution in [0.1, 0.15) is 5.56 Å². The molecule has 1 aromatic carbocycles. The van der Waals surface area contributed by atoms with E-state index in [2.05, 4.69) is 4.98 Å². The maximum absolute atomic E-state index is 10.9. The first-order valence-electron chi connectivity index (χ1n) is 3.61. The van der Waals surface area contributed by atoms with Crippen molar-refractivity contribution in [1.82, 2.24) is 4.98 Å². The second-order valence-corrected chi connectivity index (χ2v) is 3.56. The summed E-state index contributed by atoms with van der Waals surface area (Å²) in [5.41, 5.74) is 7.41. The molecule has 0 saturated heterocycles. The predicted molar refractivity (Wildman–Crippen MR) is 50.3 cm³/mol. The topological polar surface area (TPSA) is 58.9 Å². The molecule has 0 bridgehead atoms. The molecule has 1 heterocycles. The third-order valence-electron chi connectivity index (χ3n) is 1.72. The molecular formula is C8H8N2OS. The molecule has 0 radical (unpaired) electrons. The van der Waals surface area contributed by atoms with E-state index in [1.165, 1.54) is 11.3 Å². The minimum atomic E-state index is -0.0147. The maximum atomic E-state index is 10.9. The molecule has 1 aromatic heterocycles. The van der Waals surface area contributed by atoms with E-state index in [1.54, 1.807) is 0 Å². The number of hydrogen-bond acceptors (Lipinski definition) is 3. The van der Waals surface area contributed by atoms with Crippen LogP contribution in [0.15, 0.2) is 23.0 Å². The van der Waals surface area contributed by atoms with Gasteiger partial charge in [-0.05, 0) is 17.7 Å². The van der Waals surface area contributed by atoms with Gasteiger partial charge in [0.05, 0.1) is 10.2 Å². The second kappa shape index (κ2) is 2.73. The van der Waals surface area contributed by atoms with Gasteiger partial charge in [-0.2, -0.15) is 0 Å². The Hall–Kier alpha value is -1.13. The Balaban J connectivity index is 2.74. The molecule has 12 heavy (non-hydrogen) atoms. The molecular weight excluding hydrogens is 172 g/mol. The molecule has 0 aliphatic carbocycles. The van der Waals surface area contributed by atoms with Gasteiger partial charge in [0, 0.05) is 6.54 Å². The molecule has 0 fully saturated rings. The standard InChI is InChI=1S/C8H8N2OS/c9-4-5-1-2-6-7(3-5)12-8(11)10-6/h1-3H,4,9H2,(H,10,11). The third-order valence-corrected chi connectivity index (χ3v) is 2.57. The number of thiazole rings is 1. The lowest BCUT2D eigenvalue weighted by Gasteiger charge is -1.93. The van der Waals surface area contributed by atoms with E-state index in [0.29, 0.717) is 6.54 Å². The van der Waals surface area contributed by atoms with Crippen molar-refractivity contribution in [2.75, 3.05) is 0 Å². The van der Waals surface area contributed by atoms with Crippen LogP contribution in [0.25, 0.3) is 10.2 Å². The van der Waals surface area contributed by atoms with E-state index in [4.69, 9.17) is 5.73 Å². The Morgan fingerprint density at radius 1 is 1.50 bits per heavy atom. The lowest BCUT2D eigenvalue weighted by Crippen LogP contribution is -1.94. The highest BCUT2D eigenvalue weighted by molar-refractivity contribution is 7.16. The van der Waals surface area contributed by atoms with Crippen molar-refractivity contribution >= 4 is 21.6 Å². The summed E-state index contributed by atoms with van der Waals surface area (Å²) in [4.78, 5) is 13.6. The molecule has 62 valence electrons. The zero-order valence-corrected chi connectivity index (χ0v) is 7.15. The summed E-state index contributed by atoms with van der Waals surface area (Å²) in [7, 11) is 0. The van der Waals surface area contributed by atoms with E-state index in [-0.39, 0.29) is 4.87 Å². The number of H-pyrrole nitrogens is 1. The van der Waals surface area contributed by atoms with E-state index in [9.17, 15) is 4.79 Å². The molecule has 0 atom stereocenters. The average Bonchev–Trinajstić information content (AvgIpc) is 2.43. The minimum Gasteiger partial charge on any atom is -0.326 e. The number of benzene rings is 1. The van der Waals surface area contributed by atoms with Crippen molar-refractivity contribution in [2.45, 2.75) is 6.54 Å². The van der Waals surface area contributed by atoms with Crippen LogP contribution in [-0.2, 0) is 6.54 Å². The summed E-state index contributed by atoms with van der Waals surface area (Å²) in [5.74, 6) is 0. The van der Waals surface area contributed by atoms with Crippen molar-refractivity contribution in [1.29, 1.82) is 0 Å². The fourth-order valence-corrected chi connectivity index (χ4v) is 1.92. The summed E-state index contributed by atoms with van der Waals surface area (Å²) in [5, 5.41) is 0. The summed E-state index contributed by atoms with van der Waals surface area (Å²) in [6.07, 6.45) is 0. The van der Waals surface area contributed by atoms with E-state index >= 15 is 0 Å². The van der Waals surface area contributed by atoms with Crippen LogP contribution in [0.4, 0.5) is 0 Å². The number of aromatic nitrogens is 1. The number of nitrogens with two attached hydrogens (primary N) is 1. The van der Waals surface area contributed by atoms with Gasteiger partial charge in [0.1, 0.15) is 0 Å². The van der Waals surface area contributed by atoms with Gasteiger partial charge in [-0.1, -0.05) is 17.4 Å². The van der Waals surface area contributed by atoms with Gasteiger partial charge in [-0.15, -0.1) is 0 Å². The van der Waals surface area contributed by atoms with Crippen molar-refractivity contribution in [3.05, 3.63) is 33.4 Å². The molecule has 2 aromatic rings. The molecule has 2 rings (SSSR count). The molecule has 0 unspecified atom stereocenters. The number of aromatic amines is 1. The minimum absolute atomic E-state index is 0.0147. The Morgan fingerprint density at radius 2 is 2.33 bits per heavy atom. The molecule has 0 aliphatic heterocycles. The van der Waals surface area contributed by atoms with Crippen LogP contribution in [0, 0.1) is 0 Å². The normalized spacial score (nSPS) is 10.8. The molecule has 3 nitrogen and oxygen atoms in total. The fraction of sp³-hybridized carbons (Fsp3) is 0.125. The molecule has 0 aliphatic rings. The highest BCUT2D eigenvalue weighted by atomic mass is 32.1. The van der Waals surface area contributed by atoms with Crippen LogP contribution >= 0.6 is 11.3 Å². The summed E-state index contributed by atoms with van der Waals surface area (Å²) in [6, 6.07) is 5.75. The van der Waals surface area contributed by atoms with Crippen LogP contribution in [0.2, 0.25) is 0 Å². The Kier molecular flexibility index (Phi) is 1.71. The van der Waals surface area contributed by atoms with Crippen molar-refractivity contribution < 1.29 is 0 Å². The molecule has 0 amide bonds. The number of rotatable bonds is 1. The zero-order chi connectivity index (χ0) is 8.55. The summed E-state index contributed by atoms with van der Waals surface area (Å²) >= 11 is 1.21.